The van der Waals surface area contributed by atoms with Gasteiger partial charge in [-0.2, -0.15) is 0 Å². The Hall–Kier alpha value is -1.68. The lowest BCUT2D eigenvalue weighted by atomic mass is 9.91. The second-order valence-electron chi connectivity index (χ2n) is 8.19. The molecule has 1 aromatic carbocycles. The summed E-state index contributed by atoms with van der Waals surface area (Å²) < 4.78 is 12.9. The maximum absolute atomic E-state index is 12.9. The first kappa shape index (κ1) is 18.7. The van der Waals surface area contributed by atoms with E-state index in [4.69, 9.17) is 0 Å². The first-order chi connectivity index (χ1) is 11.1. The number of carbonyl (C=O) groups excluding carboxylic acids is 1. The molecule has 2 rings (SSSR count). The van der Waals surface area contributed by atoms with Crippen LogP contribution in [0.4, 0.5) is 4.39 Å². The Morgan fingerprint density at radius 3 is 2.38 bits per heavy atom. The van der Waals surface area contributed by atoms with Gasteiger partial charge in [0.05, 0.1) is 0 Å². The molecule has 0 N–H and O–H groups in total. The Morgan fingerprint density at radius 1 is 1.21 bits per heavy atom. The van der Waals surface area contributed by atoms with Crippen LogP contribution in [0.2, 0.25) is 0 Å². The molecule has 1 aliphatic heterocycles. The summed E-state index contributed by atoms with van der Waals surface area (Å²) in [5.74, 6) is 0.00463. The molecule has 1 aromatic rings. The molecular formula is C20H29FN2O. The predicted octanol–water partition coefficient (Wildman–Crippen LogP) is 3.81. The second kappa shape index (κ2) is 7.06. The molecule has 0 radical (unpaired) electrons. The highest BCUT2D eigenvalue weighted by atomic mass is 19.1. The van der Waals surface area contributed by atoms with E-state index < -0.39 is 0 Å². The van der Waals surface area contributed by atoms with Gasteiger partial charge >= 0.3 is 0 Å². The van der Waals surface area contributed by atoms with Gasteiger partial charge < -0.3 is 4.90 Å². The number of halogens is 1. The topological polar surface area (TPSA) is 23.6 Å². The lowest BCUT2D eigenvalue weighted by molar-refractivity contribution is -0.144. The van der Waals surface area contributed by atoms with Gasteiger partial charge in [0.25, 0.3) is 0 Å². The zero-order valence-corrected chi connectivity index (χ0v) is 15.5. The molecule has 0 saturated carbocycles. The van der Waals surface area contributed by atoms with Crippen LogP contribution in [-0.4, -0.2) is 47.4 Å². The average Bonchev–Trinajstić information content (AvgIpc) is 2.48. The van der Waals surface area contributed by atoms with Crippen LogP contribution < -0.4 is 0 Å². The van der Waals surface area contributed by atoms with Gasteiger partial charge in [0, 0.05) is 37.1 Å². The number of amides is 1. The van der Waals surface area contributed by atoms with Crippen molar-refractivity contribution in [3.8, 4) is 0 Å². The van der Waals surface area contributed by atoms with Crippen LogP contribution in [0.3, 0.4) is 0 Å². The van der Waals surface area contributed by atoms with Crippen LogP contribution in [0, 0.1) is 11.2 Å². The summed E-state index contributed by atoms with van der Waals surface area (Å²) in [7, 11) is 0. The maximum Gasteiger partial charge on any atom is 0.228 e. The Bertz CT molecular complexity index is 599. The van der Waals surface area contributed by atoms with E-state index in [9.17, 15) is 9.18 Å². The van der Waals surface area contributed by atoms with Crippen molar-refractivity contribution in [1.29, 1.82) is 0 Å². The molecular weight excluding hydrogens is 303 g/mol. The number of benzene rings is 1. The van der Waals surface area contributed by atoms with Crippen LogP contribution in [0.25, 0.3) is 6.08 Å². The van der Waals surface area contributed by atoms with Crippen LogP contribution >= 0.6 is 0 Å². The third-order valence-corrected chi connectivity index (χ3v) is 4.51. The number of piperazine rings is 1. The van der Waals surface area contributed by atoms with Crippen molar-refractivity contribution in [2.45, 2.75) is 40.2 Å². The summed E-state index contributed by atoms with van der Waals surface area (Å²) in [5.41, 5.74) is 0.600. The Balaban J connectivity index is 1.96. The van der Waals surface area contributed by atoms with Crippen molar-refractivity contribution in [2.75, 3.05) is 26.2 Å². The molecule has 0 aromatic heterocycles. The van der Waals surface area contributed by atoms with E-state index in [0.29, 0.717) is 0 Å². The quantitative estimate of drug-likeness (QED) is 0.840. The van der Waals surface area contributed by atoms with E-state index in [1.54, 1.807) is 12.1 Å². The van der Waals surface area contributed by atoms with Crippen LogP contribution in [0.1, 0.15) is 40.2 Å². The molecule has 1 saturated heterocycles. The fourth-order valence-electron chi connectivity index (χ4n) is 3.07. The minimum Gasteiger partial charge on any atom is -0.339 e. The molecule has 0 unspecified atom stereocenters. The molecule has 0 aliphatic carbocycles. The fourth-order valence-corrected chi connectivity index (χ4v) is 3.07. The van der Waals surface area contributed by atoms with Crippen molar-refractivity contribution in [3.05, 3.63) is 41.7 Å². The predicted molar refractivity (Wildman–Crippen MR) is 97.1 cm³/mol. The number of nitrogens with zero attached hydrogens (tertiary/aromatic N) is 2. The summed E-state index contributed by atoms with van der Waals surface area (Å²) in [6.07, 6.45) is 4.12. The van der Waals surface area contributed by atoms with Gasteiger partial charge in [-0.15, -0.1) is 0 Å². The Kier molecular flexibility index (Phi) is 5.49. The van der Waals surface area contributed by atoms with Gasteiger partial charge in [-0.25, -0.2) is 4.39 Å². The van der Waals surface area contributed by atoms with Crippen molar-refractivity contribution < 1.29 is 9.18 Å². The van der Waals surface area contributed by atoms with Gasteiger partial charge in [-0.3, -0.25) is 9.69 Å². The zero-order valence-electron chi connectivity index (χ0n) is 15.5. The molecule has 132 valence electrons. The molecule has 0 atom stereocenters. The van der Waals surface area contributed by atoms with E-state index >= 15 is 0 Å². The van der Waals surface area contributed by atoms with Crippen molar-refractivity contribution in [2.24, 2.45) is 5.41 Å². The standard InChI is InChI=1S/C20H29FN2O/c1-19(2,3)18(24)22-13-14-23(20(4,5)15-22)12-6-7-16-8-10-17(21)11-9-16/h6-11H,12-15H2,1-5H3. The number of rotatable bonds is 3. The first-order valence-corrected chi connectivity index (χ1v) is 8.56. The SMILES string of the molecule is CC(C)(C)C(=O)N1CCN(CC=Cc2ccc(F)cc2)C(C)(C)C1. The molecule has 4 heteroatoms. The minimum atomic E-state index is -0.333. The highest BCUT2D eigenvalue weighted by Gasteiger charge is 2.37. The second-order valence-corrected chi connectivity index (χ2v) is 8.19. The van der Waals surface area contributed by atoms with E-state index in [2.05, 4.69) is 24.8 Å². The lowest BCUT2D eigenvalue weighted by Crippen LogP contribution is -2.61. The normalized spacial score (nSPS) is 19.0. The summed E-state index contributed by atoms with van der Waals surface area (Å²) in [4.78, 5) is 16.9. The highest BCUT2D eigenvalue weighted by molar-refractivity contribution is 5.81. The lowest BCUT2D eigenvalue weighted by Gasteiger charge is -2.48. The summed E-state index contributed by atoms with van der Waals surface area (Å²) in [6.45, 7) is 13.5. The fraction of sp³-hybridized carbons (Fsp3) is 0.550. The molecule has 1 aliphatic rings. The van der Waals surface area contributed by atoms with E-state index in [1.807, 2.05) is 31.7 Å². The highest BCUT2D eigenvalue weighted by Crippen LogP contribution is 2.25. The van der Waals surface area contributed by atoms with Gasteiger partial charge in [-0.05, 0) is 31.5 Å². The van der Waals surface area contributed by atoms with Gasteiger partial charge in [0.2, 0.25) is 5.91 Å². The number of hydrogen-bond donors (Lipinski definition) is 0. The molecule has 3 nitrogen and oxygen atoms in total. The number of carbonyl (C=O) groups is 1. The Labute approximate surface area is 145 Å². The van der Waals surface area contributed by atoms with Crippen molar-refractivity contribution in [1.82, 2.24) is 9.80 Å². The molecule has 1 amide bonds. The maximum atomic E-state index is 12.9. The van der Waals surface area contributed by atoms with E-state index in [0.717, 1.165) is 31.7 Å². The smallest absolute Gasteiger partial charge is 0.228 e. The summed E-state index contributed by atoms with van der Waals surface area (Å²) >= 11 is 0. The monoisotopic (exact) mass is 332 g/mol. The Morgan fingerprint density at radius 2 is 1.83 bits per heavy atom. The molecule has 24 heavy (non-hydrogen) atoms. The summed E-state index contributed by atoms with van der Waals surface area (Å²) in [5, 5.41) is 0. The largest absolute Gasteiger partial charge is 0.339 e. The number of hydrogen-bond acceptors (Lipinski definition) is 2. The van der Waals surface area contributed by atoms with Gasteiger partial charge in [0.1, 0.15) is 5.82 Å². The first-order valence-electron chi connectivity index (χ1n) is 8.56. The van der Waals surface area contributed by atoms with Crippen LogP contribution in [0.5, 0.6) is 0 Å². The molecule has 1 fully saturated rings. The molecule has 0 bridgehead atoms. The van der Waals surface area contributed by atoms with Crippen molar-refractivity contribution in [3.63, 3.8) is 0 Å². The van der Waals surface area contributed by atoms with Crippen molar-refractivity contribution >= 4 is 12.0 Å². The molecule has 0 spiro atoms. The van der Waals surface area contributed by atoms with Gasteiger partial charge in [-0.1, -0.05) is 45.1 Å². The zero-order chi connectivity index (χ0) is 18.0. The average molecular weight is 332 g/mol. The molecule has 1 heterocycles. The van der Waals surface area contributed by atoms with E-state index in [1.165, 1.54) is 12.1 Å². The van der Waals surface area contributed by atoms with Crippen LogP contribution in [-0.2, 0) is 4.79 Å². The van der Waals surface area contributed by atoms with E-state index in [-0.39, 0.29) is 22.7 Å². The summed E-state index contributed by atoms with van der Waals surface area (Å²) in [6, 6.07) is 6.49. The minimum absolute atomic E-state index is 0.0632. The van der Waals surface area contributed by atoms with Gasteiger partial charge in [0.15, 0.2) is 0 Å². The van der Waals surface area contributed by atoms with Crippen LogP contribution in [0.15, 0.2) is 30.3 Å². The third kappa shape index (κ3) is 4.67. The third-order valence-electron chi connectivity index (χ3n) is 4.51.